The lowest BCUT2D eigenvalue weighted by Crippen LogP contribution is -2.07. The van der Waals surface area contributed by atoms with Crippen molar-refractivity contribution in [2.75, 3.05) is 0 Å². The average molecular weight is 260 g/mol. The van der Waals surface area contributed by atoms with Crippen LogP contribution in [-0.4, -0.2) is 21.3 Å². The van der Waals surface area contributed by atoms with Crippen LogP contribution >= 0.6 is 0 Å². The Kier molecular flexibility index (Phi) is 3.94. The van der Waals surface area contributed by atoms with Crippen molar-refractivity contribution in [3.05, 3.63) is 35.7 Å². The van der Waals surface area contributed by atoms with Crippen molar-refractivity contribution in [1.29, 1.82) is 0 Å². The molecule has 2 rings (SSSR count). The van der Waals surface area contributed by atoms with Crippen molar-refractivity contribution >= 4 is 5.97 Å². The number of aliphatic carboxylic acids is 1. The fourth-order valence-electron chi connectivity index (χ4n) is 1.93. The van der Waals surface area contributed by atoms with E-state index in [1.165, 1.54) is 0 Å². The van der Waals surface area contributed by atoms with E-state index in [0.29, 0.717) is 18.2 Å². The second kappa shape index (κ2) is 5.65. The summed E-state index contributed by atoms with van der Waals surface area (Å²) >= 11 is 0. The van der Waals surface area contributed by atoms with E-state index >= 15 is 0 Å². The molecule has 0 aliphatic heterocycles. The van der Waals surface area contributed by atoms with Crippen LogP contribution in [0.4, 0.5) is 0 Å². The van der Waals surface area contributed by atoms with Crippen LogP contribution in [-0.2, 0) is 11.2 Å². The SMILES string of the molecule is Cc1ccccc1-c1nnc(CC(C)CC(=O)O)o1. The first kappa shape index (κ1) is 13.3. The highest BCUT2D eigenvalue weighted by Crippen LogP contribution is 2.22. The van der Waals surface area contributed by atoms with Gasteiger partial charge in [0.15, 0.2) is 0 Å². The quantitative estimate of drug-likeness (QED) is 0.894. The molecule has 0 bridgehead atoms. The highest BCUT2D eigenvalue weighted by molar-refractivity contribution is 5.67. The summed E-state index contributed by atoms with van der Waals surface area (Å²) in [6.45, 7) is 3.83. The summed E-state index contributed by atoms with van der Waals surface area (Å²) in [5.74, 6) is 0.122. The molecule has 5 heteroatoms. The molecule has 0 spiro atoms. The van der Waals surface area contributed by atoms with Crippen molar-refractivity contribution in [1.82, 2.24) is 10.2 Å². The summed E-state index contributed by atoms with van der Waals surface area (Å²) in [6.07, 6.45) is 0.577. The smallest absolute Gasteiger partial charge is 0.303 e. The largest absolute Gasteiger partial charge is 0.481 e. The minimum atomic E-state index is -0.814. The molecule has 1 aromatic carbocycles. The van der Waals surface area contributed by atoms with Gasteiger partial charge in [0.1, 0.15) is 0 Å². The van der Waals surface area contributed by atoms with E-state index in [4.69, 9.17) is 9.52 Å². The standard InChI is InChI=1S/C14H16N2O3/c1-9(8-13(17)18)7-12-15-16-14(19-12)11-6-4-3-5-10(11)2/h3-6,9H,7-8H2,1-2H3,(H,17,18). The highest BCUT2D eigenvalue weighted by atomic mass is 16.4. The summed E-state index contributed by atoms with van der Waals surface area (Å²) in [5, 5.41) is 16.7. The molecule has 1 heterocycles. The molecular weight excluding hydrogens is 244 g/mol. The number of nitrogens with zero attached hydrogens (tertiary/aromatic N) is 2. The summed E-state index contributed by atoms with van der Waals surface area (Å²) in [6, 6.07) is 7.77. The number of carboxylic acid groups (broad SMARTS) is 1. The third-order valence-electron chi connectivity index (χ3n) is 2.89. The second-order valence-electron chi connectivity index (χ2n) is 4.72. The predicted molar refractivity (Wildman–Crippen MR) is 69.6 cm³/mol. The first-order valence-electron chi connectivity index (χ1n) is 6.16. The van der Waals surface area contributed by atoms with Crippen molar-refractivity contribution in [3.63, 3.8) is 0 Å². The number of benzene rings is 1. The van der Waals surface area contributed by atoms with Crippen LogP contribution in [0.25, 0.3) is 11.5 Å². The van der Waals surface area contributed by atoms with Gasteiger partial charge in [-0.05, 0) is 24.5 Å². The summed E-state index contributed by atoms with van der Waals surface area (Å²) in [4.78, 5) is 10.6. The fourth-order valence-corrected chi connectivity index (χ4v) is 1.93. The van der Waals surface area contributed by atoms with Gasteiger partial charge in [-0.3, -0.25) is 4.79 Å². The van der Waals surface area contributed by atoms with Crippen molar-refractivity contribution in [2.24, 2.45) is 5.92 Å². The Morgan fingerprint density at radius 1 is 1.37 bits per heavy atom. The van der Waals surface area contributed by atoms with Crippen LogP contribution < -0.4 is 0 Å². The van der Waals surface area contributed by atoms with Gasteiger partial charge in [-0.2, -0.15) is 0 Å². The normalized spacial score (nSPS) is 12.3. The number of carbonyl (C=O) groups is 1. The Balaban J connectivity index is 2.11. The molecule has 19 heavy (non-hydrogen) atoms. The molecule has 5 nitrogen and oxygen atoms in total. The van der Waals surface area contributed by atoms with Gasteiger partial charge in [-0.15, -0.1) is 10.2 Å². The Hall–Kier alpha value is -2.17. The van der Waals surface area contributed by atoms with Gasteiger partial charge in [0, 0.05) is 18.4 Å². The predicted octanol–water partition coefficient (Wildman–Crippen LogP) is 2.70. The molecule has 1 aromatic heterocycles. The first-order chi connectivity index (χ1) is 9.06. The molecule has 0 fully saturated rings. The summed E-state index contributed by atoms with van der Waals surface area (Å²) in [7, 11) is 0. The first-order valence-corrected chi connectivity index (χ1v) is 6.16. The van der Waals surface area contributed by atoms with Crippen LogP contribution in [0.1, 0.15) is 24.8 Å². The van der Waals surface area contributed by atoms with Gasteiger partial charge in [-0.1, -0.05) is 25.1 Å². The second-order valence-corrected chi connectivity index (χ2v) is 4.72. The number of carboxylic acids is 1. The number of aryl methyl sites for hydroxylation is 1. The molecule has 1 unspecified atom stereocenters. The maximum atomic E-state index is 10.6. The molecule has 100 valence electrons. The van der Waals surface area contributed by atoms with Gasteiger partial charge in [0.2, 0.25) is 11.8 Å². The minimum Gasteiger partial charge on any atom is -0.481 e. The van der Waals surface area contributed by atoms with Crippen LogP contribution in [0.3, 0.4) is 0 Å². The molecule has 1 N–H and O–H groups in total. The van der Waals surface area contributed by atoms with Gasteiger partial charge in [-0.25, -0.2) is 0 Å². The van der Waals surface area contributed by atoms with Crippen molar-refractivity contribution in [3.8, 4) is 11.5 Å². The number of hydrogen-bond donors (Lipinski definition) is 1. The lowest BCUT2D eigenvalue weighted by molar-refractivity contribution is -0.137. The number of hydrogen-bond acceptors (Lipinski definition) is 4. The number of rotatable bonds is 5. The third kappa shape index (κ3) is 3.40. The van der Waals surface area contributed by atoms with E-state index in [2.05, 4.69) is 10.2 Å². The maximum Gasteiger partial charge on any atom is 0.303 e. The lowest BCUT2D eigenvalue weighted by Gasteiger charge is -2.03. The Bertz CT molecular complexity index is 578. The summed E-state index contributed by atoms with van der Waals surface area (Å²) in [5.41, 5.74) is 1.98. The van der Waals surface area contributed by atoms with Gasteiger partial charge < -0.3 is 9.52 Å². The fraction of sp³-hybridized carbons (Fsp3) is 0.357. The van der Waals surface area contributed by atoms with E-state index in [1.807, 2.05) is 38.1 Å². The molecule has 1 atom stereocenters. The van der Waals surface area contributed by atoms with E-state index < -0.39 is 5.97 Å². The number of aromatic nitrogens is 2. The Morgan fingerprint density at radius 2 is 2.11 bits per heavy atom. The van der Waals surface area contributed by atoms with Crippen molar-refractivity contribution in [2.45, 2.75) is 26.7 Å². The van der Waals surface area contributed by atoms with Crippen LogP contribution in [0.15, 0.2) is 28.7 Å². The zero-order chi connectivity index (χ0) is 13.8. The maximum absolute atomic E-state index is 10.6. The van der Waals surface area contributed by atoms with Gasteiger partial charge in [0.05, 0.1) is 0 Å². The zero-order valence-corrected chi connectivity index (χ0v) is 11.0. The molecule has 0 saturated carbocycles. The van der Waals surface area contributed by atoms with Gasteiger partial charge >= 0.3 is 5.97 Å². The van der Waals surface area contributed by atoms with Crippen LogP contribution in [0.2, 0.25) is 0 Å². The van der Waals surface area contributed by atoms with Gasteiger partial charge in [0.25, 0.3) is 0 Å². The molecule has 0 radical (unpaired) electrons. The third-order valence-corrected chi connectivity index (χ3v) is 2.89. The van der Waals surface area contributed by atoms with Crippen molar-refractivity contribution < 1.29 is 14.3 Å². The van der Waals surface area contributed by atoms with E-state index in [-0.39, 0.29) is 12.3 Å². The molecule has 2 aromatic rings. The van der Waals surface area contributed by atoms with E-state index in [1.54, 1.807) is 0 Å². The average Bonchev–Trinajstić information content (AvgIpc) is 2.76. The van der Waals surface area contributed by atoms with Crippen LogP contribution in [0.5, 0.6) is 0 Å². The monoisotopic (exact) mass is 260 g/mol. The van der Waals surface area contributed by atoms with Crippen LogP contribution in [0, 0.1) is 12.8 Å². The van der Waals surface area contributed by atoms with E-state index in [0.717, 1.165) is 11.1 Å². The molecule has 0 amide bonds. The molecule has 0 aliphatic rings. The minimum absolute atomic E-state index is 0.0253. The zero-order valence-electron chi connectivity index (χ0n) is 11.0. The lowest BCUT2D eigenvalue weighted by atomic mass is 10.0. The molecule has 0 saturated heterocycles. The Morgan fingerprint density at radius 3 is 2.79 bits per heavy atom. The molecular formula is C14H16N2O3. The topological polar surface area (TPSA) is 76.2 Å². The highest BCUT2D eigenvalue weighted by Gasteiger charge is 2.15. The summed E-state index contributed by atoms with van der Waals surface area (Å²) < 4.78 is 5.59. The molecule has 0 aliphatic carbocycles. The Labute approximate surface area is 111 Å². The van der Waals surface area contributed by atoms with E-state index in [9.17, 15) is 4.79 Å².